The second kappa shape index (κ2) is 6.76. The van der Waals surface area contributed by atoms with E-state index in [-0.39, 0.29) is 0 Å². The van der Waals surface area contributed by atoms with Crippen LogP contribution in [0.2, 0.25) is 0 Å². The van der Waals surface area contributed by atoms with Crippen LogP contribution >= 0.6 is 27.7 Å². The summed E-state index contributed by atoms with van der Waals surface area (Å²) in [5, 5.41) is 0.876. The van der Waals surface area contributed by atoms with Crippen molar-refractivity contribution in [3.05, 3.63) is 49.8 Å². The van der Waals surface area contributed by atoms with E-state index in [0.29, 0.717) is 22.4 Å². The van der Waals surface area contributed by atoms with Gasteiger partial charge in [0.25, 0.3) is 5.56 Å². The number of aromatic nitrogens is 6. The monoisotopic (exact) mass is 434 g/mol. The molecule has 0 saturated heterocycles. The predicted octanol–water partition coefficient (Wildman–Crippen LogP) is 2.24. The summed E-state index contributed by atoms with van der Waals surface area (Å²) in [7, 11) is 1.59. The van der Waals surface area contributed by atoms with E-state index in [1.807, 2.05) is 24.3 Å². The van der Waals surface area contributed by atoms with Gasteiger partial charge in [0.1, 0.15) is 0 Å². The summed E-state index contributed by atoms with van der Waals surface area (Å²) in [4.78, 5) is 38.3. The molecule has 0 radical (unpaired) electrons. The van der Waals surface area contributed by atoms with Crippen molar-refractivity contribution >= 4 is 49.9 Å². The molecule has 0 amide bonds. The van der Waals surface area contributed by atoms with E-state index in [2.05, 4.69) is 35.9 Å². The number of benzene rings is 1. The van der Waals surface area contributed by atoms with Crippen LogP contribution in [0.3, 0.4) is 0 Å². The molecule has 1 aromatic carbocycles. The number of halogens is 1. The van der Waals surface area contributed by atoms with E-state index in [1.165, 1.54) is 4.57 Å². The highest BCUT2D eigenvalue weighted by molar-refractivity contribution is 9.10. The fourth-order valence-corrected chi connectivity index (χ4v) is 4.14. The summed E-state index contributed by atoms with van der Waals surface area (Å²) in [5.41, 5.74) is 1.84. The summed E-state index contributed by atoms with van der Waals surface area (Å²) in [6, 6.07) is 7.91. The largest absolute Gasteiger partial charge is 0.333 e. The van der Waals surface area contributed by atoms with Gasteiger partial charge in [-0.25, -0.2) is 14.8 Å². The van der Waals surface area contributed by atoms with Crippen molar-refractivity contribution in [1.82, 2.24) is 29.1 Å². The molecule has 4 rings (SSSR count). The Bertz CT molecular complexity index is 1190. The number of aryl methyl sites for hydroxylation is 2. The highest BCUT2D eigenvalue weighted by Crippen LogP contribution is 2.21. The van der Waals surface area contributed by atoms with Crippen molar-refractivity contribution in [2.45, 2.75) is 18.1 Å². The molecular formula is C16H15BrN6O2S. The number of nitrogens with one attached hydrogen (secondary N) is 2. The first-order valence-electron chi connectivity index (χ1n) is 7.97. The van der Waals surface area contributed by atoms with Crippen LogP contribution < -0.4 is 11.2 Å². The zero-order valence-electron chi connectivity index (χ0n) is 13.8. The minimum Gasteiger partial charge on any atom is -0.333 e. The van der Waals surface area contributed by atoms with Crippen molar-refractivity contribution in [2.24, 2.45) is 7.05 Å². The first kappa shape index (κ1) is 17.1. The third-order valence-corrected chi connectivity index (χ3v) is 5.66. The molecule has 4 aromatic rings. The number of nitrogens with zero attached hydrogens (tertiary/aromatic N) is 4. The molecule has 0 aliphatic rings. The lowest BCUT2D eigenvalue weighted by atomic mass is 10.3. The summed E-state index contributed by atoms with van der Waals surface area (Å²) in [6.07, 6.45) is 0.814. The standard InChI is InChI=1S/C16H15BrN6O2S/c1-22-12-11(13(24)21-16(22)25)23(14(17)20-12)7-4-8-26-15-18-9-5-2-3-6-10(9)19-15/h2-3,5-6H,4,7-8H2,1H3,(H,18,19)(H,21,24,25). The normalized spacial score (nSPS) is 11.6. The summed E-state index contributed by atoms with van der Waals surface area (Å²) >= 11 is 5.01. The molecule has 0 fully saturated rings. The fraction of sp³-hybridized carbons (Fsp3) is 0.250. The van der Waals surface area contributed by atoms with E-state index >= 15 is 0 Å². The van der Waals surface area contributed by atoms with Gasteiger partial charge in [0.15, 0.2) is 21.1 Å². The number of thioether (sulfide) groups is 1. The van der Waals surface area contributed by atoms with Crippen LogP contribution in [-0.4, -0.2) is 34.8 Å². The third-order valence-electron chi connectivity index (χ3n) is 4.09. The van der Waals surface area contributed by atoms with Gasteiger partial charge in [0, 0.05) is 19.3 Å². The number of rotatable bonds is 5. The minimum absolute atomic E-state index is 0.371. The van der Waals surface area contributed by atoms with Gasteiger partial charge < -0.3 is 9.55 Å². The minimum atomic E-state index is -0.472. The Hall–Kier alpha value is -2.33. The van der Waals surface area contributed by atoms with E-state index in [0.717, 1.165) is 28.4 Å². The van der Waals surface area contributed by atoms with Gasteiger partial charge in [-0.1, -0.05) is 23.9 Å². The number of imidazole rings is 2. The van der Waals surface area contributed by atoms with Crippen molar-refractivity contribution in [1.29, 1.82) is 0 Å². The van der Waals surface area contributed by atoms with Gasteiger partial charge in [0.2, 0.25) is 0 Å². The number of hydrogen-bond acceptors (Lipinski definition) is 5. The van der Waals surface area contributed by atoms with Crippen molar-refractivity contribution < 1.29 is 0 Å². The topological polar surface area (TPSA) is 101 Å². The Balaban J connectivity index is 1.50. The van der Waals surface area contributed by atoms with Crippen LogP contribution in [0.1, 0.15) is 6.42 Å². The molecule has 0 saturated carbocycles. The number of para-hydroxylation sites is 2. The van der Waals surface area contributed by atoms with E-state index in [1.54, 1.807) is 23.4 Å². The fourth-order valence-electron chi connectivity index (χ4n) is 2.80. The van der Waals surface area contributed by atoms with Crippen LogP contribution in [0, 0.1) is 0 Å². The Morgan fingerprint density at radius 2 is 2.00 bits per heavy atom. The molecular weight excluding hydrogens is 420 g/mol. The summed E-state index contributed by atoms with van der Waals surface area (Å²) in [6.45, 7) is 0.603. The number of fused-ring (bicyclic) bond motifs is 2. The Morgan fingerprint density at radius 1 is 1.19 bits per heavy atom. The molecule has 8 nitrogen and oxygen atoms in total. The zero-order chi connectivity index (χ0) is 18.3. The van der Waals surface area contributed by atoms with Gasteiger partial charge in [-0.05, 0) is 34.5 Å². The molecule has 3 heterocycles. The Labute approximate surface area is 159 Å². The van der Waals surface area contributed by atoms with Gasteiger partial charge in [0.05, 0.1) is 11.0 Å². The average molecular weight is 435 g/mol. The molecule has 10 heteroatoms. The maximum absolute atomic E-state index is 12.2. The lowest BCUT2D eigenvalue weighted by Gasteiger charge is -2.05. The van der Waals surface area contributed by atoms with Gasteiger partial charge in [-0.2, -0.15) is 0 Å². The van der Waals surface area contributed by atoms with E-state index in [9.17, 15) is 9.59 Å². The second-order valence-corrected chi connectivity index (χ2v) is 7.58. The Kier molecular flexibility index (Phi) is 4.45. The van der Waals surface area contributed by atoms with Gasteiger partial charge >= 0.3 is 5.69 Å². The van der Waals surface area contributed by atoms with Gasteiger partial charge in [-0.15, -0.1) is 0 Å². The van der Waals surface area contributed by atoms with E-state index in [4.69, 9.17) is 0 Å². The smallest absolute Gasteiger partial charge is 0.329 e. The third kappa shape index (κ3) is 2.99. The molecule has 0 aliphatic heterocycles. The van der Waals surface area contributed by atoms with Crippen molar-refractivity contribution in [3.8, 4) is 0 Å². The predicted molar refractivity (Wildman–Crippen MR) is 105 cm³/mol. The molecule has 0 aliphatic carbocycles. The molecule has 134 valence electrons. The summed E-state index contributed by atoms with van der Waals surface area (Å²) in [5.74, 6) is 0.829. The van der Waals surface area contributed by atoms with Crippen LogP contribution in [0.4, 0.5) is 0 Å². The molecule has 0 atom stereocenters. The maximum atomic E-state index is 12.2. The highest BCUT2D eigenvalue weighted by atomic mass is 79.9. The first-order chi connectivity index (χ1) is 12.5. The second-order valence-electron chi connectivity index (χ2n) is 5.78. The van der Waals surface area contributed by atoms with Crippen LogP contribution in [0.25, 0.3) is 22.2 Å². The van der Waals surface area contributed by atoms with E-state index < -0.39 is 11.2 Å². The molecule has 0 unspecified atom stereocenters. The lowest BCUT2D eigenvalue weighted by molar-refractivity contribution is 0.684. The quantitative estimate of drug-likeness (QED) is 0.285. The van der Waals surface area contributed by atoms with Crippen LogP contribution in [-0.2, 0) is 13.6 Å². The first-order valence-corrected chi connectivity index (χ1v) is 9.75. The van der Waals surface area contributed by atoms with Crippen LogP contribution in [0.5, 0.6) is 0 Å². The lowest BCUT2D eigenvalue weighted by Crippen LogP contribution is -2.29. The van der Waals surface area contributed by atoms with Crippen LogP contribution in [0.15, 0.2) is 43.7 Å². The SMILES string of the molecule is Cn1c(=O)[nH]c(=O)c2c1nc(Br)n2CCCSc1nc2ccccc2[nH]1. The summed E-state index contributed by atoms with van der Waals surface area (Å²) < 4.78 is 3.65. The zero-order valence-corrected chi connectivity index (χ0v) is 16.2. The molecule has 26 heavy (non-hydrogen) atoms. The van der Waals surface area contributed by atoms with Gasteiger partial charge in [-0.3, -0.25) is 14.3 Å². The molecule has 0 spiro atoms. The van der Waals surface area contributed by atoms with Crippen molar-refractivity contribution in [3.63, 3.8) is 0 Å². The number of H-pyrrole nitrogens is 2. The number of hydrogen-bond donors (Lipinski definition) is 2. The Morgan fingerprint density at radius 3 is 2.81 bits per heavy atom. The molecule has 2 N–H and O–H groups in total. The highest BCUT2D eigenvalue weighted by Gasteiger charge is 2.15. The molecule has 3 aromatic heterocycles. The number of aromatic amines is 2. The molecule has 0 bridgehead atoms. The van der Waals surface area contributed by atoms with Crippen molar-refractivity contribution in [2.75, 3.05) is 5.75 Å². The maximum Gasteiger partial charge on any atom is 0.329 e. The average Bonchev–Trinajstić information content (AvgIpc) is 3.17.